The molecule has 31 heavy (non-hydrogen) atoms. The lowest BCUT2D eigenvalue weighted by molar-refractivity contribution is -0.175. The van der Waals surface area contributed by atoms with Crippen molar-refractivity contribution in [1.29, 1.82) is 0 Å². The van der Waals surface area contributed by atoms with E-state index in [0.29, 0.717) is 17.5 Å². The lowest BCUT2D eigenvalue weighted by Crippen LogP contribution is -2.57. The van der Waals surface area contributed by atoms with E-state index in [-0.39, 0.29) is 11.4 Å². The fourth-order valence-corrected chi connectivity index (χ4v) is 6.84. The monoisotopic (exact) mass is 420 g/mol. The van der Waals surface area contributed by atoms with E-state index >= 15 is 0 Å². The van der Waals surface area contributed by atoms with Crippen LogP contribution < -0.4 is 5.32 Å². The van der Waals surface area contributed by atoms with E-state index in [2.05, 4.69) is 29.6 Å². The van der Waals surface area contributed by atoms with Gasteiger partial charge in [-0.1, -0.05) is 30.3 Å². The minimum atomic E-state index is -0.595. The second-order valence-electron chi connectivity index (χ2n) is 9.85. The SMILES string of the molecule is Cn1cccc1C(=O)NC(=O)COC(=O)C12C[C@H]3C[C@@H](C1)CC(c1ccccc1)(C3)C2. The Bertz CT molecular complexity index is 1010. The molecule has 2 amide bonds. The third kappa shape index (κ3) is 3.48. The van der Waals surface area contributed by atoms with Gasteiger partial charge in [-0.2, -0.15) is 0 Å². The standard InChI is InChI=1S/C25H28N2O4/c1-27-9-5-8-20(27)22(29)26-21(28)15-31-23(30)25-13-17-10-18(14-25)12-24(11-17,16-25)19-6-3-2-4-7-19/h2-9,17-18H,10-16H2,1H3,(H,26,28,29)/t17-,18+,24?,25?. The van der Waals surface area contributed by atoms with Gasteiger partial charge < -0.3 is 9.30 Å². The summed E-state index contributed by atoms with van der Waals surface area (Å²) in [7, 11) is 1.73. The van der Waals surface area contributed by atoms with Gasteiger partial charge in [0.1, 0.15) is 5.69 Å². The Hall–Kier alpha value is -2.89. The summed E-state index contributed by atoms with van der Waals surface area (Å²) in [5, 5.41) is 2.31. The fraction of sp³-hybridized carbons (Fsp3) is 0.480. The molecule has 4 fully saturated rings. The molecular weight excluding hydrogens is 392 g/mol. The third-order valence-electron chi connectivity index (χ3n) is 7.64. The smallest absolute Gasteiger partial charge is 0.312 e. The van der Waals surface area contributed by atoms with Crippen molar-refractivity contribution in [2.24, 2.45) is 24.3 Å². The van der Waals surface area contributed by atoms with Crippen LogP contribution in [0.1, 0.15) is 54.6 Å². The molecule has 162 valence electrons. The minimum absolute atomic E-state index is 0.0368. The molecule has 6 heteroatoms. The molecule has 4 saturated carbocycles. The number of hydrogen-bond donors (Lipinski definition) is 1. The molecule has 1 aromatic heterocycles. The van der Waals surface area contributed by atoms with Crippen molar-refractivity contribution >= 4 is 17.8 Å². The van der Waals surface area contributed by atoms with Crippen molar-refractivity contribution in [1.82, 2.24) is 9.88 Å². The van der Waals surface area contributed by atoms with Gasteiger partial charge in [0, 0.05) is 13.2 Å². The highest BCUT2D eigenvalue weighted by Gasteiger charge is 2.61. The van der Waals surface area contributed by atoms with Crippen LogP contribution in [0, 0.1) is 17.3 Å². The van der Waals surface area contributed by atoms with Crippen LogP contribution in [0.25, 0.3) is 0 Å². The molecule has 4 aliphatic carbocycles. The zero-order valence-corrected chi connectivity index (χ0v) is 17.8. The predicted octanol–water partition coefficient (Wildman–Crippen LogP) is 3.36. The lowest BCUT2D eigenvalue weighted by Gasteiger charge is -2.61. The number of ether oxygens (including phenoxy) is 1. The molecule has 2 unspecified atom stereocenters. The van der Waals surface area contributed by atoms with Crippen LogP contribution >= 0.6 is 0 Å². The van der Waals surface area contributed by atoms with E-state index in [1.807, 2.05) is 6.07 Å². The fourth-order valence-electron chi connectivity index (χ4n) is 6.84. The van der Waals surface area contributed by atoms with Crippen LogP contribution in [0.15, 0.2) is 48.7 Å². The number of nitrogens with one attached hydrogen (secondary N) is 1. The van der Waals surface area contributed by atoms with Gasteiger partial charge in [-0.05, 0) is 73.5 Å². The van der Waals surface area contributed by atoms with E-state index in [0.717, 1.165) is 32.1 Å². The van der Waals surface area contributed by atoms with Gasteiger partial charge in [-0.15, -0.1) is 0 Å². The first kappa shape index (κ1) is 20.0. The molecule has 0 saturated heterocycles. The second-order valence-corrected chi connectivity index (χ2v) is 9.85. The largest absolute Gasteiger partial charge is 0.455 e. The number of carbonyl (C=O) groups is 3. The third-order valence-corrected chi connectivity index (χ3v) is 7.64. The lowest BCUT2D eigenvalue weighted by atomic mass is 9.43. The van der Waals surface area contributed by atoms with E-state index in [9.17, 15) is 14.4 Å². The topological polar surface area (TPSA) is 77.4 Å². The maximum absolute atomic E-state index is 13.3. The average Bonchev–Trinajstić information content (AvgIpc) is 3.18. The number of esters is 1. The summed E-state index contributed by atoms with van der Waals surface area (Å²) in [5.41, 5.74) is 1.23. The van der Waals surface area contributed by atoms with Gasteiger partial charge in [-0.3, -0.25) is 19.7 Å². The van der Waals surface area contributed by atoms with Crippen LogP contribution in [-0.2, 0) is 26.8 Å². The average molecular weight is 421 g/mol. The quantitative estimate of drug-likeness (QED) is 0.753. The molecule has 6 rings (SSSR count). The minimum Gasteiger partial charge on any atom is -0.455 e. The van der Waals surface area contributed by atoms with Crippen LogP contribution in [0.5, 0.6) is 0 Å². The van der Waals surface area contributed by atoms with Crippen molar-refractivity contribution < 1.29 is 19.1 Å². The van der Waals surface area contributed by atoms with Gasteiger partial charge in [0.15, 0.2) is 6.61 Å². The molecule has 0 spiro atoms. The Labute approximate surface area is 182 Å². The van der Waals surface area contributed by atoms with Crippen molar-refractivity contribution in [2.45, 2.75) is 43.9 Å². The molecule has 4 aliphatic rings. The number of imide groups is 1. The number of benzene rings is 1. The molecule has 4 bridgehead atoms. The first-order valence-electron chi connectivity index (χ1n) is 11.1. The van der Waals surface area contributed by atoms with E-state index in [1.54, 1.807) is 29.9 Å². The molecule has 1 aromatic carbocycles. The summed E-state index contributed by atoms with van der Waals surface area (Å²) in [6, 6.07) is 13.9. The molecule has 1 heterocycles. The zero-order chi connectivity index (χ0) is 21.6. The second kappa shape index (κ2) is 7.36. The van der Waals surface area contributed by atoms with E-state index in [1.165, 1.54) is 12.0 Å². The number of hydrogen-bond acceptors (Lipinski definition) is 4. The summed E-state index contributed by atoms with van der Waals surface area (Å²) in [4.78, 5) is 37.7. The summed E-state index contributed by atoms with van der Waals surface area (Å²) in [6.07, 6.45) is 7.67. The van der Waals surface area contributed by atoms with Crippen molar-refractivity contribution in [2.75, 3.05) is 6.61 Å². The van der Waals surface area contributed by atoms with Crippen LogP contribution in [-0.4, -0.2) is 29.0 Å². The zero-order valence-electron chi connectivity index (χ0n) is 17.8. The van der Waals surface area contributed by atoms with Gasteiger partial charge in [0.05, 0.1) is 5.41 Å². The van der Waals surface area contributed by atoms with Crippen molar-refractivity contribution in [3.63, 3.8) is 0 Å². The summed E-state index contributed by atoms with van der Waals surface area (Å²) >= 11 is 0. The highest BCUT2D eigenvalue weighted by atomic mass is 16.5. The summed E-state index contributed by atoms with van der Waals surface area (Å²) in [6.45, 7) is -0.426. The summed E-state index contributed by atoms with van der Waals surface area (Å²) in [5.74, 6) is -0.305. The van der Waals surface area contributed by atoms with Gasteiger partial charge >= 0.3 is 5.97 Å². The Morgan fingerprint density at radius 3 is 2.39 bits per heavy atom. The molecule has 0 aliphatic heterocycles. The Morgan fingerprint density at radius 1 is 1.03 bits per heavy atom. The molecule has 1 N–H and O–H groups in total. The maximum Gasteiger partial charge on any atom is 0.312 e. The molecule has 0 radical (unpaired) electrons. The molecule has 4 atom stereocenters. The Balaban J connectivity index is 1.27. The van der Waals surface area contributed by atoms with Crippen LogP contribution in [0.3, 0.4) is 0 Å². The first-order chi connectivity index (χ1) is 14.9. The number of rotatable bonds is 5. The van der Waals surface area contributed by atoms with Gasteiger partial charge in [0.2, 0.25) is 0 Å². The molecule has 6 nitrogen and oxygen atoms in total. The van der Waals surface area contributed by atoms with Crippen molar-refractivity contribution in [3.05, 3.63) is 59.9 Å². The Kier molecular flexibility index (Phi) is 4.76. The number of amides is 2. The van der Waals surface area contributed by atoms with Crippen molar-refractivity contribution in [3.8, 4) is 0 Å². The normalized spacial score (nSPS) is 30.7. The number of nitrogens with zero attached hydrogens (tertiary/aromatic N) is 1. The van der Waals surface area contributed by atoms with Crippen LogP contribution in [0.4, 0.5) is 0 Å². The predicted molar refractivity (Wildman–Crippen MR) is 114 cm³/mol. The highest BCUT2D eigenvalue weighted by Crippen LogP contribution is 2.66. The number of carbonyl (C=O) groups excluding carboxylic acids is 3. The van der Waals surface area contributed by atoms with Gasteiger partial charge in [0.25, 0.3) is 11.8 Å². The molecule has 2 aromatic rings. The van der Waals surface area contributed by atoms with Gasteiger partial charge in [-0.25, -0.2) is 0 Å². The number of aromatic nitrogens is 1. The maximum atomic E-state index is 13.3. The highest BCUT2D eigenvalue weighted by molar-refractivity contribution is 6.04. The first-order valence-corrected chi connectivity index (χ1v) is 11.1. The summed E-state index contributed by atoms with van der Waals surface area (Å²) < 4.78 is 7.14. The van der Waals surface area contributed by atoms with Crippen LogP contribution in [0.2, 0.25) is 0 Å². The Morgan fingerprint density at radius 2 is 1.74 bits per heavy atom. The van der Waals surface area contributed by atoms with E-state index in [4.69, 9.17) is 4.74 Å². The molecular formula is C25H28N2O4. The number of aryl methyl sites for hydroxylation is 1. The van der Waals surface area contributed by atoms with E-state index < -0.39 is 23.8 Å².